The first-order valence-corrected chi connectivity index (χ1v) is 7.64. The van der Waals surface area contributed by atoms with Gasteiger partial charge in [0.05, 0.1) is 12.7 Å². The molecule has 1 heterocycles. The molecule has 1 aliphatic rings. The van der Waals surface area contributed by atoms with Gasteiger partial charge in [-0.25, -0.2) is 0 Å². The number of hydrogen-bond acceptors (Lipinski definition) is 4. The Labute approximate surface area is 127 Å². The third-order valence-corrected chi connectivity index (χ3v) is 4.51. The molecule has 1 saturated heterocycles. The molecule has 4 heteroatoms. The molecule has 0 spiro atoms. The first-order valence-electron chi connectivity index (χ1n) is 7.64. The third kappa shape index (κ3) is 4.11. The Morgan fingerprint density at radius 2 is 2.14 bits per heavy atom. The zero-order chi connectivity index (χ0) is 15.5. The van der Waals surface area contributed by atoms with Gasteiger partial charge in [0.1, 0.15) is 6.61 Å². The zero-order valence-electron chi connectivity index (χ0n) is 13.6. The SMILES string of the molecule is COc1cc(C)ccc1OCCN1CC[C@](C)(O)[C@H](C)C1. The van der Waals surface area contributed by atoms with Gasteiger partial charge < -0.3 is 14.6 Å². The van der Waals surface area contributed by atoms with Crippen molar-refractivity contribution in [3.8, 4) is 11.5 Å². The van der Waals surface area contributed by atoms with Crippen molar-refractivity contribution in [3.05, 3.63) is 23.8 Å². The second-order valence-corrected chi connectivity index (χ2v) is 6.31. The summed E-state index contributed by atoms with van der Waals surface area (Å²) < 4.78 is 11.2. The van der Waals surface area contributed by atoms with Crippen LogP contribution in [-0.2, 0) is 0 Å². The van der Waals surface area contributed by atoms with E-state index in [0.717, 1.165) is 43.1 Å². The van der Waals surface area contributed by atoms with Crippen LogP contribution >= 0.6 is 0 Å². The minimum absolute atomic E-state index is 0.292. The molecule has 1 aliphatic heterocycles. The van der Waals surface area contributed by atoms with E-state index >= 15 is 0 Å². The Hall–Kier alpha value is -1.26. The summed E-state index contributed by atoms with van der Waals surface area (Å²) in [4.78, 5) is 2.35. The van der Waals surface area contributed by atoms with Crippen LogP contribution in [0.15, 0.2) is 18.2 Å². The molecule has 0 saturated carbocycles. The highest BCUT2D eigenvalue weighted by atomic mass is 16.5. The van der Waals surface area contributed by atoms with E-state index in [4.69, 9.17) is 9.47 Å². The van der Waals surface area contributed by atoms with Gasteiger partial charge >= 0.3 is 0 Å². The molecule has 1 N–H and O–H groups in total. The fourth-order valence-electron chi connectivity index (χ4n) is 2.69. The van der Waals surface area contributed by atoms with Crippen LogP contribution in [0.5, 0.6) is 11.5 Å². The number of likely N-dealkylation sites (tertiary alicyclic amines) is 1. The molecule has 0 radical (unpaired) electrons. The van der Waals surface area contributed by atoms with Crippen LogP contribution in [0, 0.1) is 12.8 Å². The van der Waals surface area contributed by atoms with E-state index in [1.165, 1.54) is 0 Å². The predicted octanol–water partition coefficient (Wildman–Crippen LogP) is 2.48. The minimum atomic E-state index is -0.530. The average molecular weight is 293 g/mol. The molecule has 4 nitrogen and oxygen atoms in total. The van der Waals surface area contributed by atoms with E-state index in [2.05, 4.69) is 11.8 Å². The average Bonchev–Trinajstić information content (AvgIpc) is 2.44. The largest absolute Gasteiger partial charge is 0.493 e. The number of methoxy groups -OCH3 is 1. The lowest BCUT2D eigenvalue weighted by Gasteiger charge is -2.41. The van der Waals surface area contributed by atoms with Crippen LogP contribution in [0.4, 0.5) is 0 Å². The first kappa shape index (κ1) is 16.1. The van der Waals surface area contributed by atoms with Gasteiger partial charge in [0.2, 0.25) is 0 Å². The van der Waals surface area contributed by atoms with Gasteiger partial charge in [-0.05, 0) is 43.9 Å². The maximum absolute atomic E-state index is 10.2. The van der Waals surface area contributed by atoms with Crippen LogP contribution in [-0.4, -0.2) is 49.0 Å². The highest BCUT2D eigenvalue weighted by Gasteiger charge is 2.34. The number of ether oxygens (including phenoxy) is 2. The molecule has 0 aromatic heterocycles. The normalized spacial score (nSPS) is 26.6. The second-order valence-electron chi connectivity index (χ2n) is 6.31. The number of nitrogens with zero attached hydrogens (tertiary/aromatic N) is 1. The second kappa shape index (κ2) is 6.67. The number of aryl methyl sites for hydroxylation is 1. The number of piperidine rings is 1. The van der Waals surface area contributed by atoms with Gasteiger partial charge in [0, 0.05) is 19.6 Å². The highest BCUT2D eigenvalue weighted by molar-refractivity contribution is 5.42. The summed E-state index contributed by atoms with van der Waals surface area (Å²) in [6, 6.07) is 5.96. The summed E-state index contributed by atoms with van der Waals surface area (Å²) in [5.41, 5.74) is 0.628. The fraction of sp³-hybridized carbons (Fsp3) is 0.647. The number of rotatable bonds is 5. The third-order valence-electron chi connectivity index (χ3n) is 4.51. The number of benzene rings is 1. The molecule has 118 valence electrons. The Bertz CT molecular complexity index is 473. The molecule has 1 aromatic rings. The van der Waals surface area contributed by atoms with E-state index in [1.54, 1.807) is 7.11 Å². The molecule has 0 aliphatic carbocycles. The quantitative estimate of drug-likeness (QED) is 0.905. The van der Waals surface area contributed by atoms with Crippen molar-refractivity contribution in [2.45, 2.75) is 32.8 Å². The Morgan fingerprint density at radius 3 is 2.81 bits per heavy atom. The van der Waals surface area contributed by atoms with Crippen molar-refractivity contribution in [1.82, 2.24) is 4.90 Å². The number of hydrogen-bond donors (Lipinski definition) is 1. The van der Waals surface area contributed by atoms with E-state index in [1.807, 2.05) is 32.0 Å². The van der Waals surface area contributed by atoms with Crippen molar-refractivity contribution in [2.24, 2.45) is 5.92 Å². The standard InChI is InChI=1S/C17H27NO3/c1-13-5-6-15(16(11-13)20-4)21-10-9-18-8-7-17(3,19)14(2)12-18/h5-6,11,14,19H,7-10,12H2,1-4H3/t14-,17+/m1/s1. The van der Waals surface area contributed by atoms with Crippen LogP contribution < -0.4 is 9.47 Å². The lowest BCUT2D eigenvalue weighted by molar-refractivity contribution is -0.0522. The molecule has 1 fully saturated rings. The molecule has 0 unspecified atom stereocenters. The lowest BCUT2D eigenvalue weighted by atomic mass is 9.84. The maximum atomic E-state index is 10.2. The van der Waals surface area contributed by atoms with Crippen LogP contribution in [0.25, 0.3) is 0 Å². The molecule has 1 aromatic carbocycles. The summed E-state index contributed by atoms with van der Waals surface area (Å²) in [5.74, 6) is 1.87. The Balaban J connectivity index is 1.83. The van der Waals surface area contributed by atoms with Gasteiger partial charge in [0.25, 0.3) is 0 Å². The molecule has 0 amide bonds. The first-order chi connectivity index (χ1) is 9.92. The highest BCUT2D eigenvalue weighted by Crippen LogP contribution is 2.29. The van der Waals surface area contributed by atoms with Crippen molar-refractivity contribution in [3.63, 3.8) is 0 Å². The van der Waals surface area contributed by atoms with Crippen LogP contribution in [0.2, 0.25) is 0 Å². The summed E-state index contributed by atoms with van der Waals surface area (Å²) in [7, 11) is 1.66. The zero-order valence-corrected chi connectivity index (χ0v) is 13.6. The summed E-state index contributed by atoms with van der Waals surface area (Å²) in [6.07, 6.45) is 0.821. The van der Waals surface area contributed by atoms with Gasteiger partial charge in [-0.3, -0.25) is 4.90 Å². The van der Waals surface area contributed by atoms with Gasteiger partial charge in [-0.2, -0.15) is 0 Å². The Morgan fingerprint density at radius 1 is 1.38 bits per heavy atom. The molecule has 0 bridgehead atoms. The van der Waals surface area contributed by atoms with Crippen LogP contribution in [0.3, 0.4) is 0 Å². The van der Waals surface area contributed by atoms with Crippen molar-refractivity contribution >= 4 is 0 Å². The van der Waals surface area contributed by atoms with Crippen molar-refractivity contribution in [1.29, 1.82) is 0 Å². The van der Waals surface area contributed by atoms with Gasteiger partial charge in [-0.1, -0.05) is 13.0 Å². The summed E-state index contributed by atoms with van der Waals surface area (Å²) in [5, 5.41) is 10.2. The lowest BCUT2D eigenvalue weighted by Crippen LogP contribution is -2.49. The van der Waals surface area contributed by atoms with E-state index in [9.17, 15) is 5.11 Å². The molecule has 2 atom stereocenters. The molecule has 2 rings (SSSR count). The predicted molar refractivity (Wildman–Crippen MR) is 84.1 cm³/mol. The fourth-order valence-corrected chi connectivity index (χ4v) is 2.69. The smallest absolute Gasteiger partial charge is 0.161 e. The molecular weight excluding hydrogens is 266 g/mol. The van der Waals surface area contributed by atoms with Gasteiger partial charge in [0.15, 0.2) is 11.5 Å². The van der Waals surface area contributed by atoms with Gasteiger partial charge in [-0.15, -0.1) is 0 Å². The van der Waals surface area contributed by atoms with Crippen molar-refractivity contribution in [2.75, 3.05) is 33.4 Å². The maximum Gasteiger partial charge on any atom is 0.161 e. The summed E-state index contributed by atoms with van der Waals surface area (Å²) in [6.45, 7) is 9.42. The van der Waals surface area contributed by atoms with E-state index in [0.29, 0.717) is 12.5 Å². The van der Waals surface area contributed by atoms with Crippen molar-refractivity contribution < 1.29 is 14.6 Å². The topological polar surface area (TPSA) is 41.9 Å². The minimum Gasteiger partial charge on any atom is -0.493 e. The molecular formula is C17H27NO3. The van der Waals surface area contributed by atoms with E-state index < -0.39 is 5.60 Å². The van der Waals surface area contributed by atoms with E-state index in [-0.39, 0.29) is 0 Å². The monoisotopic (exact) mass is 293 g/mol. The number of aliphatic hydroxyl groups is 1. The van der Waals surface area contributed by atoms with Crippen LogP contribution in [0.1, 0.15) is 25.8 Å². The summed E-state index contributed by atoms with van der Waals surface area (Å²) >= 11 is 0. The Kier molecular flexibility index (Phi) is 5.12. The molecule has 21 heavy (non-hydrogen) atoms.